The van der Waals surface area contributed by atoms with Gasteiger partial charge in [-0.1, -0.05) is 0 Å². The van der Waals surface area contributed by atoms with Gasteiger partial charge in [-0.2, -0.15) is 26.3 Å². The first-order valence-electron chi connectivity index (χ1n) is 2.98. The first-order chi connectivity index (χ1) is 6.24. The Morgan fingerprint density at radius 2 is 1.23 bits per heavy atom. The lowest BCUT2D eigenvalue weighted by atomic mass is 9.99. The Morgan fingerprint density at radius 1 is 0.769 bits per heavy atom. The number of nitriles is 5. The van der Waals surface area contributed by atoms with Gasteiger partial charge < -0.3 is 0 Å². The van der Waals surface area contributed by atoms with Crippen molar-refractivity contribution in [3.05, 3.63) is 11.1 Å². The van der Waals surface area contributed by atoms with Crippen molar-refractivity contribution in [1.29, 1.82) is 26.3 Å². The second-order valence-corrected chi connectivity index (χ2v) is 1.82. The van der Waals surface area contributed by atoms with Gasteiger partial charge in [-0.3, -0.25) is 0 Å². The molecule has 0 aliphatic heterocycles. The summed E-state index contributed by atoms with van der Waals surface area (Å²) in [5.41, 5.74) is -0.884. The molecule has 5 heteroatoms. The van der Waals surface area contributed by atoms with Gasteiger partial charge in [0, 0.05) is 0 Å². The SMILES string of the molecule is N#CC(C#N)=C(C#N)C(C#N)C#N. The van der Waals surface area contributed by atoms with Gasteiger partial charge in [-0.25, -0.2) is 0 Å². The maximum Gasteiger partial charge on any atom is 0.170 e. The lowest BCUT2D eigenvalue weighted by Crippen LogP contribution is -1.99. The van der Waals surface area contributed by atoms with Crippen molar-refractivity contribution in [2.45, 2.75) is 0 Å². The van der Waals surface area contributed by atoms with Crippen molar-refractivity contribution in [1.82, 2.24) is 0 Å². The van der Waals surface area contributed by atoms with Crippen LogP contribution in [0.15, 0.2) is 11.1 Å². The molecule has 0 radical (unpaired) electrons. The zero-order valence-electron chi connectivity index (χ0n) is 6.31. The minimum atomic E-state index is -1.35. The monoisotopic (exact) mass is 167 g/mol. The summed E-state index contributed by atoms with van der Waals surface area (Å²) in [6.45, 7) is 0. The van der Waals surface area contributed by atoms with E-state index in [2.05, 4.69) is 0 Å². The lowest BCUT2D eigenvalue weighted by Gasteiger charge is -1.94. The summed E-state index contributed by atoms with van der Waals surface area (Å²) in [6.07, 6.45) is 0. The summed E-state index contributed by atoms with van der Waals surface area (Å²) in [6, 6.07) is 7.40. The fourth-order valence-electron chi connectivity index (χ4n) is 0.568. The van der Waals surface area contributed by atoms with Crippen LogP contribution in [0.1, 0.15) is 0 Å². The molecular formula is C8HN5. The molecule has 0 aromatic carbocycles. The quantitative estimate of drug-likeness (QED) is 0.527. The maximum absolute atomic E-state index is 8.48. The number of hydrogen-bond acceptors (Lipinski definition) is 5. The fourth-order valence-corrected chi connectivity index (χ4v) is 0.568. The Morgan fingerprint density at radius 3 is 1.46 bits per heavy atom. The highest BCUT2D eigenvalue weighted by atomic mass is 14.4. The molecule has 5 nitrogen and oxygen atoms in total. The molecule has 0 aromatic rings. The van der Waals surface area contributed by atoms with E-state index in [0.29, 0.717) is 0 Å². The van der Waals surface area contributed by atoms with Crippen molar-refractivity contribution in [3.63, 3.8) is 0 Å². The number of hydrogen-bond donors (Lipinski definition) is 0. The third-order valence-corrected chi connectivity index (χ3v) is 1.16. The minimum Gasteiger partial charge on any atom is -0.196 e. The van der Waals surface area contributed by atoms with E-state index >= 15 is 0 Å². The van der Waals surface area contributed by atoms with E-state index in [9.17, 15) is 0 Å². The lowest BCUT2D eigenvalue weighted by molar-refractivity contribution is 1.03. The van der Waals surface area contributed by atoms with E-state index in [1.807, 2.05) is 0 Å². The Bertz CT molecular complexity index is 407. The van der Waals surface area contributed by atoms with Crippen LogP contribution in [0.3, 0.4) is 0 Å². The Balaban J connectivity index is 5.48. The number of allylic oxidation sites excluding steroid dienone is 2. The zero-order chi connectivity index (χ0) is 10.3. The third-order valence-electron chi connectivity index (χ3n) is 1.16. The van der Waals surface area contributed by atoms with Gasteiger partial charge in [-0.05, 0) is 0 Å². The smallest absolute Gasteiger partial charge is 0.170 e. The minimum absolute atomic E-state index is 0.394. The molecule has 0 heterocycles. The molecule has 0 atom stereocenters. The van der Waals surface area contributed by atoms with Crippen LogP contribution in [0.25, 0.3) is 0 Å². The molecule has 0 aromatic heterocycles. The van der Waals surface area contributed by atoms with Crippen molar-refractivity contribution >= 4 is 0 Å². The number of rotatable bonds is 1. The second-order valence-electron chi connectivity index (χ2n) is 1.82. The Hall–Kier alpha value is -2.81. The summed E-state index contributed by atoms with van der Waals surface area (Å²) in [5, 5.41) is 42.0. The summed E-state index contributed by atoms with van der Waals surface area (Å²) in [4.78, 5) is 0. The van der Waals surface area contributed by atoms with Gasteiger partial charge in [0.25, 0.3) is 0 Å². The van der Waals surface area contributed by atoms with E-state index in [4.69, 9.17) is 26.3 Å². The fraction of sp³-hybridized carbons (Fsp3) is 0.125. The maximum atomic E-state index is 8.48. The summed E-state index contributed by atoms with van der Waals surface area (Å²) in [5.74, 6) is -1.35. The van der Waals surface area contributed by atoms with E-state index in [1.165, 1.54) is 30.3 Å². The molecule has 0 spiro atoms. The van der Waals surface area contributed by atoms with Crippen LogP contribution in [0.2, 0.25) is 0 Å². The van der Waals surface area contributed by atoms with Crippen LogP contribution >= 0.6 is 0 Å². The van der Waals surface area contributed by atoms with Crippen LogP contribution in [0.4, 0.5) is 0 Å². The van der Waals surface area contributed by atoms with E-state index in [0.717, 1.165) is 0 Å². The number of nitrogens with zero attached hydrogens (tertiary/aromatic N) is 5. The zero-order valence-corrected chi connectivity index (χ0v) is 6.31. The molecule has 0 saturated carbocycles. The average Bonchev–Trinajstić information content (AvgIpc) is 2.18. The first kappa shape index (κ1) is 10.2. The van der Waals surface area contributed by atoms with Gasteiger partial charge in [0.05, 0.1) is 23.8 Å². The van der Waals surface area contributed by atoms with Gasteiger partial charge in [-0.15, -0.1) is 0 Å². The van der Waals surface area contributed by atoms with Gasteiger partial charge in [0.1, 0.15) is 17.7 Å². The molecule has 0 saturated heterocycles. The third kappa shape index (κ3) is 2.06. The highest BCUT2D eigenvalue weighted by Crippen LogP contribution is 2.12. The van der Waals surface area contributed by atoms with Crippen LogP contribution in [-0.4, -0.2) is 0 Å². The molecular weight excluding hydrogens is 166 g/mol. The Labute approximate surface area is 74.6 Å². The topological polar surface area (TPSA) is 119 Å². The highest BCUT2D eigenvalue weighted by Gasteiger charge is 2.17. The summed E-state index contributed by atoms with van der Waals surface area (Å²) < 4.78 is 0. The Kier molecular flexibility index (Phi) is 3.86. The molecule has 0 amide bonds. The van der Waals surface area contributed by atoms with Crippen LogP contribution < -0.4 is 0 Å². The van der Waals surface area contributed by atoms with Gasteiger partial charge in [0.2, 0.25) is 0 Å². The molecule has 0 fully saturated rings. The van der Waals surface area contributed by atoms with Crippen molar-refractivity contribution in [3.8, 4) is 30.3 Å². The molecule has 58 valence electrons. The molecule has 0 rings (SSSR count). The second kappa shape index (κ2) is 4.92. The summed E-state index contributed by atoms with van der Waals surface area (Å²) >= 11 is 0. The molecule has 0 bridgehead atoms. The summed E-state index contributed by atoms with van der Waals surface area (Å²) in [7, 11) is 0. The van der Waals surface area contributed by atoms with E-state index in [-0.39, 0.29) is 0 Å². The molecule has 13 heavy (non-hydrogen) atoms. The standard InChI is InChI=1S/C8HN5/c9-1-6(2-10)8(5-13)7(3-11)4-12/h6H. The molecule has 0 aliphatic carbocycles. The van der Waals surface area contributed by atoms with Gasteiger partial charge >= 0.3 is 0 Å². The molecule has 0 aliphatic rings. The van der Waals surface area contributed by atoms with E-state index in [1.54, 1.807) is 0 Å². The first-order valence-corrected chi connectivity index (χ1v) is 2.98. The van der Waals surface area contributed by atoms with Gasteiger partial charge in [0.15, 0.2) is 5.92 Å². The van der Waals surface area contributed by atoms with E-state index < -0.39 is 17.1 Å². The highest BCUT2D eigenvalue weighted by molar-refractivity contribution is 5.50. The van der Waals surface area contributed by atoms with Crippen molar-refractivity contribution in [2.75, 3.05) is 0 Å². The normalized spacial score (nSPS) is 6.77. The van der Waals surface area contributed by atoms with Crippen molar-refractivity contribution < 1.29 is 0 Å². The average molecular weight is 167 g/mol. The van der Waals surface area contributed by atoms with Crippen LogP contribution in [-0.2, 0) is 0 Å². The largest absolute Gasteiger partial charge is 0.196 e. The molecule has 0 N–H and O–H groups in total. The van der Waals surface area contributed by atoms with Crippen LogP contribution in [0.5, 0.6) is 0 Å². The van der Waals surface area contributed by atoms with Crippen LogP contribution in [0, 0.1) is 62.6 Å². The van der Waals surface area contributed by atoms with Crippen molar-refractivity contribution in [2.24, 2.45) is 5.92 Å². The predicted octanol–water partition coefficient (Wildman–Crippen LogP) is 0.517. The molecule has 0 unspecified atom stereocenters. The predicted molar refractivity (Wildman–Crippen MR) is 38.6 cm³/mol.